The van der Waals surface area contributed by atoms with Crippen molar-refractivity contribution in [2.75, 3.05) is 13.2 Å². The molecule has 0 aliphatic rings. The molecule has 0 saturated carbocycles. The van der Waals surface area contributed by atoms with Crippen molar-refractivity contribution in [3.05, 3.63) is 34.1 Å². The third kappa shape index (κ3) is 5.28. The first-order valence-corrected chi connectivity index (χ1v) is 6.99. The Morgan fingerprint density at radius 1 is 1.47 bits per heavy atom. The van der Waals surface area contributed by atoms with Gasteiger partial charge in [0.15, 0.2) is 0 Å². The molecule has 1 rings (SSSR count). The molecule has 0 aromatic heterocycles. The molecule has 0 aliphatic heterocycles. The van der Waals surface area contributed by atoms with E-state index in [9.17, 15) is 9.18 Å². The van der Waals surface area contributed by atoms with Crippen LogP contribution in [-0.2, 0) is 0 Å². The van der Waals surface area contributed by atoms with E-state index in [2.05, 4.69) is 21.2 Å². The lowest BCUT2D eigenvalue weighted by molar-refractivity contribution is 0.0929. The van der Waals surface area contributed by atoms with E-state index >= 15 is 0 Å². The summed E-state index contributed by atoms with van der Waals surface area (Å²) in [5.74, 6) is -0.954. The van der Waals surface area contributed by atoms with E-state index in [4.69, 9.17) is 5.11 Å². The molecule has 0 atom stereocenters. The van der Waals surface area contributed by atoms with Crippen LogP contribution >= 0.6 is 15.9 Å². The number of amides is 1. The van der Waals surface area contributed by atoms with Crippen LogP contribution < -0.4 is 5.32 Å². The molecule has 1 aromatic rings. The summed E-state index contributed by atoms with van der Waals surface area (Å²) in [6.45, 7) is 4.58. The molecule has 106 valence electrons. The highest BCUT2D eigenvalue weighted by molar-refractivity contribution is 9.10. The van der Waals surface area contributed by atoms with Crippen molar-refractivity contribution in [3.63, 3.8) is 0 Å². The number of carbonyl (C=O) groups excluding carboxylic acids is 1. The normalized spacial score (nSPS) is 11.4. The molecule has 3 nitrogen and oxygen atoms in total. The summed E-state index contributed by atoms with van der Waals surface area (Å²) in [6, 6.07) is 4.28. The molecule has 19 heavy (non-hydrogen) atoms. The Balaban J connectivity index is 2.62. The van der Waals surface area contributed by atoms with E-state index in [1.165, 1.54) is 12.1 Å². The molecule has 0 fully saturated rings. The highest BCUT2D eigenvalue weighted by Crippen LogP contribution is 2.21. The number of benzene rings is 1. The summed E-state index contributed by atoms with van der Waals surface area (Å²) in [5.41, 5.74) is -0.0896. The third-order valence-electron chi connectivity index (χ3n) is 2.91. The largest absolute Gasteiger partial charge is 0.396 e. The van der Waals surface area contributed by atoms with Gasteiger partial charge in [-0.1, -0.05) is 29.8 Å². The summed E-state index contributed by atoms with van der Waals surface area (Å²) in [4.78, 5) is 11.9. The summed E-state index contributed by atoms with van der Waals surface area (Å²) in [6.07, 6.45) is 1.48. The summed E-state index contributed by atoms with van der Waals surface area (Å²) in [5, 5.41) is 11.5. The van der Waals surface area contributed by atoms with Crippen molar-refractivity contribution in [3.8, 4) is 0 Å². The van der Waals surface area contributed by atoms with Crippen molar-refractivity contribution in [1.82, 2.24) is 5.32 Å². The average Bonchev–Trinajstić information content (AvgIpc) is 2.36. The van der Waals surface area contributed by atoms with Crippen LogP contribution in [0.5, 0.6) is 0 Å². The molecule has 0 unspecified atom stereocenters. The van der Waals surface area contributed by atoms with Gasteiger partial charge in [0.05, 0.1) is 5.56 Å². The number of aliphatic hydroxyl groups excluding tert-OH is 1. The predicted octanol–water partition coefficient (Wildman–Crippen LogP) is 3.12. The van der Waals surface area contributed by atoms with Crippen molar-refractivity contribution in [2.45, 2.75) is 26.7 Å². The molecule has 0 radical (unpaired) electrons. The molecular weight excluding hydrogens is 313 g/mol. The summed E-state index contributed by atoms with van der Waals surface area (Å²) in [7, 11) is 0. The maximum atomic E-state index is 13.5. The van der Waals surface area contributed by atoms with Gasteiger partial charge in [-0.3, -0.25) is 4.79 Å². The maximum Gasteiger partial charge on any atom is 0.254 e. The SMILES string of the molecule is CC(C)(CCCO)CNC(=O)c1cc(Br)ccc1F. The van der Waals surface area contributed by atoms with Crippen molar-refractivity contribution in [1.29, 1.82) is 0 Å². The molecule has 0 saturated heterocycles. The van der Waals surface area contributed by atoms with Gasteiger partial charge >= 0.3 is 0 Å². The van der Waals surface area contributed by atoms with Gasteiger partial charge in [0.2, 0.25) is 0 Å². The van der Waals surface area contributed by atoms with Crippen LogP contribution in [0.3, 0.4) is 0 Å². The first kappa shape index (κ1) is 16.1. The van der Waals surface area contributed by atoms with Crippen LogP contribution in [0, 0.1) is 11.2 Å². The molecule has 5 heteroatoms. The molecule has 2 N–H and O–H groups in total. The van der Waals surface area contributed by atoms with Crippen molar-refractivity contribution in [2.24, 2.45) is 5.41 Å². The third-order valence-corrected chi connectivity index (χ3v) is 3.41. The van der Waals surface area contributed by atoms with Gasteiger partial charge in [0.1, 0.15) is 5.82 Å². The zero-order valence-corrected chi connectivity index (χ0v) is 12.8. The van der Waals surface area contributed by atoms with E-state index in [0.717, 1.165) is 6.42 Å². The zero-order valence-electron chi connectivity index (χ0n) is 11.2. The average molecular weight is 332 g/mol. The monoisotopic (exact) mass is 331 g/mol. The smallest absolute Gasteiger partial charge is 0.254 e. The lowest BCUT2D eigenvalue weighted by Crippen LogP contribution is -2.34. The minimum atomic E-state index is -0.533. The first-order chi connectivity index (χ1) is 8.85. The molecule has 1 amide bonds. The van der Waals surface area contributed by atoms with Gasteiger partial charge in [0, 0.05) is 17.6 Å². The Morgan fingerprint density at radius 2 is 2.16 bits per heavy atom. The molecular formula is C14H19BrFNO2. The van der Waals surface area contributed by atoms with Gasteiger partial charge in [-0.05, 0) is 36.5 Å². The second-order valence-electron chi connectivity index (χ2n) is 5.30. The van der Waals surface area contributed by atoms with E-state index in [-0.39, 0.29) is 17.6 Å². The summed E-state index contributed by atoms with van der Waals surface area (Å²) >= 11 is 3.21. The molecule has 0 spiro atoms. The van der Waals surface area contributed by atoms with Crippen LogP contribution in [0.4, 0.5) is 4.39 Å². The Kier molecular flexibility index (Phi) is 5.94. The van der Waals surface area contributed by atoms with Crippen LogP contribution in [0.1, 0.15) is 37.0 Å². The van der Waals surface area contributed by atoms with Gasteiger partial charge in [-0.25, -0.2) is 4.39 Å². The fourth-order valence-electron chi connectivity index (χ4n) is 1.73. The van der Waals surface area contributed by atoms with E-state index in [1.807, 2.05) is 13.8 Å². The minimum absolute atomic E-state index is 0.0346. The van der Waals surface area contributed by atoms with Crippen LogP contribution in [0.25, 0.3) is 0 Å². The molecule has 0 aliphatic carbocycles. The van der Waals surface area contributed by atoms with Crippen LogP contribution in [0.2, 0.25) is 0 Å². The molecule has 0 heterocycles. The molecule has 0 bridgehead atoms. The van der Waals surface area contributed by atoms with E-state index in [0.29, 0.717) is 17.4 Å². The summed E-state index contributed by atoms with van der Waals surface area (Å²) < 4.78 is 14.2. The molecule has 1 aromatic carbocycles. The zero-order chi connectivity index (χ0) is 14.5. The predicted molar refractivity (Wildman–Crippen MR) is 76.5 cm³/mol. The second kappa shape index (κ2) is 7.01. The van der Waals surface area contributed by atoms with Crippen LogP contribution in [0.15, 0.2) is 22.7 Å². The Bertz CT molecular complexity index is 449. The van der Waals surface area contributed by atoms with Crippen molar-refractivity contribution < 1.29 is 14.3 Å². The highest BCUT2D eigenvalue weighted by atomic mass is 79.9. The number of rotatable bonds is 6. The Labute approximate surface area is 121 Å². The van der Waals surface area contributed by atoms with E-state index in [1.54, 1.807) is 6.07 Å². The number of nitrogens with one attached hydrogen (secondary N) is 1. The first-order valence-electron chi connectivity index (χ1n) is 6.20. The quantitative estimate of drug-likeness (QED) is 0.841. The number of hydrogen-bond donors (Lipinski definition) is 2. The van der Waals surface area contributed by atoms with E-state index < -0.39 is 11.7 Å². The maximum absolute atomic E-state index is 13.5. The van der Waals surface area contributed by atoms with Gasteiger partial charge in [-0.2, -0.15) is 0 Å². The number of halogens is 2. The van der Waals surface area contributed by atoms with Crippen LogP contribution in [-0.4, -0.2) is 24.2 Å². The standard InChI is InChI=1S/C14H19BrFNO2/c1-14(2,6-3-7-18)9-17-13(19)11-8-10(15)4-5-12(11)16/h4-5,8,18H,3,6-7,9H2,1-2H3,(H,17,19). The fraction of sp³-hybridized carbons (Fsp3) is 0.500. The lowest BCUT2D eigenvalue weighted by atomic mass is 9.88. The Hall–Kier alpha value is -0.940. The van der Waals surface area contributed by atoms with Gasteiger partial charge < -0.3 is 10.4 Å². The number of carbonyl (C=O) groups is 1. The number of hydrogen-bond acceptors (Lipinski definition) is 2. The van der Waals surface area contributed by atoms with Gasteiger partial charge in [-0.15, -0.1) is 0 Å². The minimum Gasteiger partial charge on any atom is -0.396 e. The topological polar surface area (TPSA) is 49.3 Å². The number of aliphatic hydroxyl groups is 1. The highest BCUT2D eigenvalue weighted by Gasteiger charge is 2.20. The Morgan fingerprint density at radius 3 is 2.79 bits per heavy atom. The lowest BCUT2D eigenvalue weighted by Gasteiger charge is -2.24. The van der Waals surface area contributed by atoms with Gasteiger partial charge in [0.25, 0.3) is 5.91 Å². The fourth-order valence-corrected chi connectivity index (χ4v) is 2.09. The van der Waals surface area contributed by atoms with Crippen molar-refractivity contribution >= 4 is 21.8 Å². The second-order valence-corrected chi connectivity index (χ2v) is 6.21.